The van der Waals surface area contributed by atoms with Crippen LogP contribution in [0.25, 0.3) is 0 Å². The third-order valence-corrected chi connectivity index (χ3v) is 4.59. The molecule has 1 saturated carbocycles. The Labute approximate surface area is 135 Å². The molecule has 120 valence electrons. The van der Waals surface area contributed by atoms with E-state index in [0.717, 1.165) is 25.1 Å². The summed E-state index contributed by atoms with van der Waals surface area (Å²) >= 11 is 5.22. The first-order chi connectivity index (χ1) is 10.5. The van der Waals surface area contributed by atoms with Gasteiger partial charge in [0.15, 0.2) is 4.77 Å². The van der Waals surface area contributed by atoms with E-state index in [4.69, 9.17) is 12.2 Å². The predicted molar refractivity (Wildman–Crippen MR) is 85.6 cm³/mol. The fraction of sp³-hybridized carbons (Fsp3) is 0.733. The van der Waals surface area contributed by atoms with E-state index in [1.54, 1.807) is 0 Å². The molecule has 1 heterocycles. The van der Waals surface area contributed by atoms with Crippen molar-refractivity contribution in [3.8, 4) is 6.07 Å². The van der Waals surface area contributed by atoms with Crippen LogP contribution >= 0.6 is 12.2 Å². The smallest absolute Gasteiger partial charge is 0.240 e. The van der Waals surface area contributed by atoms with Gasteiger partial charge in [-0.25, -0.2) is 0 Å². The van der Waals surface area contributed by atoms with Crippen molar-refractivity contribution in [2.75, 3.05) is 6.54 Å². The number of hydrogen-bond acceptors (Lipinski definition) is 4. The maximum Gasteiger partial charge on any atom is 0.240 e. The third-order valence-electron chi connectivity index (χ3n) is 4.28. The molecule has 0 radical (unpaired) electrons. The fourth-order valence-corrected chi connectivity index (χ4v) is 3.21. The number of nitrogens with one attached hydrogen (secondary N) is 2. The van der Waals surface area contributed by atoms with Crippen molar-refractivity contribution in [3.63, 3.8) is 0 Å². The number of carbonyl (C=O) groups excluding carboxylic acids is 1. The zero-order valence-corrected chi connectivity index (χ0v) is 14.0. The van der Waals surface area contributed by atoms with Crippen LogP contribution in [0, 0.1) is 21.5 Å². The van der Waals surface area contributed by atoms with Crippen LogP contribution in [0.15, 0.2) is 0 Å². The molecule has 0 unspecified atom stereocenters. The van der Waals surface area contributed by atoms with Crippen LogP contribution in [0.5, 0.6) is 0 Å². The summed E-state index contributed by atoms with van der Waals surface area (Å²) in [5.74, 6) is 0.996. The highest BCUT2D eigenvalue weighted by atomic mass is 32.1. The maximum absolute atomic E-state index is 12.4. The molecule has 2 rings (SSSR count). The van der Waals surface area contributed by atoms with Crippen molar-refractivity contribution in [1.82, 2.24) is 20.1 Å². The molecular formula is C15H23N5OS. The van der Waals surface area contributed by atoms with Crippen molar-refractivity contribution < 1.29 is 4.79 Å². The van der Waals surface area contributed by atoms with Crippen molar-refractivity contribution in [1.29, 1.82) is 5.26 Å². The number of hydrogen-bond donors (Lipinski definition) is 2. The van der Waals surface area contributed by atoms with Crippen molar-refractivity contribution in [3.05, 3.63) is 10.6 Å². The van der Waals surface area contributed by atoms with Gasteiger partial charge in [-0.1, -0.05) is 33.1 Å². The second-order valence-electron chi connectivity index (χ2n) is 6.20. The molecule has 6 nitrogen and oxygen atoms in total. The summed E-state index contributed by atoms with van der Waals surface area (Å²) in [6.07, 6.45) is 4.34. The van der Waals surface area contributed by atoms with E-state index in [1.165, 1.54) is 0 Å². The maximum atomic E-state index is 12.4. The van der Waals surface area contributed by atoms with Gasteiger partial charge >= 0.3 is 0 Å². The molecule has 0 saturated heterocycles. The molecule has 7 heteroatoms. The molecule has 1 aliphatic carbocycles. The van der Waals surface area contributed by atoms with E-state index in [2.05, 4.69) is 21.6 Å². The molecule has 1 amide bonds. The van der Waals surface area contributed by atoms with E-state index in [9.17, 15) is 10.1 Å². The molecular weight excluding hydrogens is 298 g/mol. The van der Waals surface area contributed by atoms with E-state index in [0.29, 0.717) is 30.7 Å². The summed E-state index contributed by atoms with van der Waals surface area (Å²) < 4.78 is 2.46. The minimum absolute atomic E-state index is 0.143. The molecule has 0 atom stereocenters. The Morgan fingerprint density at radius 3 is 2.77 bits per heavy atom. The first-order valence-corrected chi connectivity index (χ1v) is 8.25. The molecule has 1 aromatic heterocycles. The second-order valence-corrected chi connectivity index (χ2v) is 6.59. The minimum Gasteiger partial charge on any atom is -0.353 e. The lowest BCUT2D eigenvalue weighted by Crippen LogP contribution is -2.42. The molecule has 1 fully saturated rings. The summed E-state index contributed by atoms with van der Waals surface area (Å²) in [5.41, 5.74) is -0.836. The average molecular weight is 321 g/mol. The van der Waals surface area contributed by atoms with Crippen LogP contribution in [0.3, 0.4) is 0 Å². The second kappa shape index (κ2) is 7.05. The van der Waals surface area contributed by atoms with Gasteiger partial charge in [0.1, 0.15) is 11.2 Å². The summed E-state index contributed by atoms with van der Waals surface area (Å²) in [4.78, 5) is 12.4. The zero-order valence-electron chi connectivity index (χ0n) is 13.2. The topological polar surface area (TPSA) is 86.5 Å². The van der Waals surface area contributed by atoms with Crippen LogP contribution in [-0.2, 0) is 11.3 Å². The molecule has 0 aliphatic heterocycles. The normalized spacial score (nSPS) is 17.2. The van der Waals surface area contributed by atoms with E-state index >= 15 is 0 Å². The predicted octanol–water partition coefficient (Wildman–Crippen LogP) is 2.65. The molecule has 1 aliphatic rings. The Balaban J connectivity index is 1.96. The zero-order chi connectivity index (χ0) is 16.2. The Bertz CT molecular complexity index is 619. The van der Waals surface area contributed by atoms with Gasteiger partial charge < -0.3 is 9.88 Å². The van der Waals surface area contributed by atoms with Crippen LogP contribution in [-0.4, -0.2) is 27.2 Å². The molecule has 0 aromatic carbocycles. The number of rotatable bonds is 5. The van der Waals surface area contributed by atoms with Gasteiger partial charge in [-0.2, -0.15) is 10.4 Å². The van der Waals surface area contributed by atoms with E-state index < -0.39 is 5.41 Å². The lowest BCUT2D eigenvalue weighted by atomic mass is 9.74. The number of aromatic amines is 1. The Morgan fingerprint density at radius 1 is 1.50 bits per heavy atom. The Morgan fingerprint density at radius 2 is 2.18 bits per heavy atom. The van der Waals surface area contributed by atoms with Crippen molar-refractivity contribution in [2.24, 2.45) is 5.41 Å². The van der Waals surface area contributed by atoms with Crippen molar-refractivity contribution in [2.45, 2.75) is 58.4 Å². The minimum atomic E-state index is -0.836. The summed E-state index contributed by atoms with van der Waals surface area (Å²) in [7, 11) is 0. The first-order valence-electron chi connectivity index (χ1n) is 7.85. The average Bonchev–Trinajstić information content (AvgIpc) is 2.89. The third kappa shape index (κ3) is 3.38. The summed E-state index contributed by atoms with van der Waals surface area (Å²) in [6.45, 7) is 5.12. The number of carbonyl (C=O) groups is 1. The molecule has 0 spiro atoms. The van der Waals surface area contributed by atoms with Gasteiger partial charge in [0, 0.05) is 19.0 Å². The van der Waals surface area contributed by atoms with E-state index in [1.807, 2.05) is 18.4 Å². The Hall–Kier alpha value is -1.68. The SMILES string of the molecule is CC(C)c1n[nH]c(=S)n1CCNC(=O)C1(C#N)CCCCC1. The highest BCUT2D eigenvalue weighted by Crippen LogP contribution is 2.35. The van der Waals surface area contributed by atoms with Crippen LogP contribution in [0.1, 0.15) is 57.7 Å². The van der Waals surface area contributed by atoms with Gasteiger partial charge in [0.05, 0.1) is 6.07 Å². The van der Waals surface area contributed by atoms with Crippen LogP contribution < -0.4 is 5.32 Å². The number of H-pyrrole nitrogens is 1. The lowest BCUT2D eigenvalue weighted by Gasteiger charge is -2.29. The van der Waals surface area contributed by atoms with Crippen molar-refractivity contribution >= 4 is 18.1 Å². The highest BCUT2D eigenvalue weighted by molar-refractivity contribution is 7.71. The van der Waals surface area contributed by atoms with Gasteiger partial charge in [0.2, 0.25) is 5.91 Å². The molecule has 2 N–H and O–H groups in total. The lowest BCUT2D eigenvalue weighted by molar-refractivity contribution is -0.129. The first kappa shape index (κ1) is 16.7. The largest absolute Gasteiger partial charge is 0.353 e. The standard InChI is InChI=1S/C15H23N5OS/c1-11(2)12-18-19-14(22)20(12)9-8-17-13(21)15(10-16)6-4-3-5-7-15/h11H,3-9H2,1-2H3,(H,17,21)(H,19,22). The van der Waals surface area contributed by atoms with Gasteiger partial charge in [-0.3, -0.25) is 9.89 Å². The monoisotopic (exact) mass is 321 g/mol. The number of amides is 1. The molecule has 1 aromatic rings. The molecule has 0 bridgehead atoms. The fourth-order valence-electron chi connectivity index (χ4n) is 2.98. The summed E-state index contributed by atoms with van der Waals surface area (Å²) in [6, 6.07) is 2.24. The number of aromatic nitrogens is 3. The quantitative estimate of drug-likeness (QED) is 0.816. The Kier molecular flexibility index (Phi) is 5.35. The van der Waals surface area contributed by atoms with Crippen LogP contribution in [0.4, 0.5) is 0 Å². The van der Waals surface area contributed by atoms with Gasteiger partial charge in [-0.05, 0) is 25.1 Å². The van der Waals surface area contributed by atoms with Gasteiger partial charge in [0.25, 0.3) is 0 Å². The van der Waals surface area contributed by atoms with Crippen LogP contribution in [0.2, 0.25) is 0 Å². The highest BCUT2D eigenvalue weighted by Gasteiger charge is 2.39. The number of nitrogens with zero attached hydrogens (tertiary/aromatic N) is 3. The number of nitriles is 1. The van der Waals surface area contributed by atoms with E-state index in [-0.39, 0.29) is 11.8 Å². The van der Waals surface area contributed by atoms with Gasteiger partial charge in [-0.15, -0.1) is 0 Å². The summed E-state index contributed by atoms with van der Waals surface area (Å²) in [5, 5.41) is 19.3. The molecule has 22 heavy (non-hydrogen) atoms.